The highest BCUT2D eigenvalue weighted by Crippen LogP contribution is 2.26. The van der Waals surface area contributed by atoms with Crippen LogP contribution in [-0.2, 0) is 4.74 Å². The Morgan fingerprint density at radius 3 is 3.07 bits per heavy atom. The van der Waals surface area contributed by atoms with Crippen molar-refractivity contribution in [1.82, 2.24) is 5.32 Å². The maximum atomic E-state index is 11.1. The molecule has 0 saturated carbocycles. The number of carbonyl (C=O) groups excluding carboxylic acids is 1. The van der Waals surface area contributed by atoms with E-state index in [0.29, 0.717) is 6.61 Å². The van der Waals surface area contributed by atoms with Crippen molar-refractivity contribution in [2.75, 3.05) is 6.61 Å². The fraction of sp³-hybridized carbons (Fsp3) is 0.364. The number of carbonyl (C=O) groups is 1. The van der Waals surface area contributed by atoms with Crippen molar-refractivity contribution in [3.05, 3.63) is 33.8 Å². The molecule has 1 N–H and O–H groups in total. The number of ether oxygens (including phenoxy) is 1. The van der Waals surface area contributed by atoms with E-state index >= 15 is 0 Å². The topological polar surface area (TPSA) is 38.3 Å². The van der Waals surface area contributed by atoms with Gasteiger partial charge in [-0.1, -0.05) is 22.0 Å². The third-order valence-electron chi connectivity index (χ3n) is 2.55. The SMILES string of the molecule is Cc1ccc(Br)cc1[C@H]1CCOC(=O)N1. The van der Waals surface area contributed by atoms with Gasteiger partial charge in [0.2, 0.25) is 0 Å². The Kier molecular flexibility index (Phi) is 2.95. The summed E-state index contributed by atoms with van der Waals surface area (Å²) in [6, 6.07) is 6.16. The van der Waals surface area contributed by atoms with Crippen LogP contribution in [0.5, 0.6) is 0 Å². The Balaban J connectivity index is 2.27. The number of nitrogens with one attached hydrogen (secondary N) is 1. The van der Waals surface area contributed by atoms with E-state index in [1.54, 1.807) is 0 Å². The summed E-state index contributed by atoms with van der Waals surface area (Å²) in [4.78, 5) is 11.1. The number of aryl methyl sites for hydroxylation is 1. The molecule has 80 valence electrons. The first-order valence-corrected chi connectivity index (χ1v) is 5.65. The number of hydrogen-bond acceptors (Lipinski definition) is 2. The summed E-state index contributed by atoms with van der Waals surface area (Å²) in [6.07, 6.45) is 0.494. The first-order valence-electron chi connectivity index (χ1n) is 4.86. The first-order chi connectivity index (χ1) is 7.16. The monoisotopic (exact) mass is 269 g/mol. The third-order valence-corrected chi connectivity index (χ3v) is 3.04. The Morgan fingerprint density at radius 2 is 2.33 bits per heavy atom. The van der Waals surface area contributed by atoms with Crippen molar-refractivity contribution in [2.24, 2.45) is 0 Å². The van der Waals surface area contributed by atoms with E-state index in [-0.39, 0.29) is 12.1 Å². The van der Waals surface area contributed by atoms with Gasteiger partial charge in [-0.05, 0) is 30.2 Å². The van der Waals surface area contributed by atoms with E-state index in [9.17, 15) is 4.79 Å². The molecule has 1 aromatic carbocycles. The molecule has 0 unspecified atom stereocenters. The highest BCUT2D eigenvalue weighted by molar-refractivity contribution is 9.10. The molecule has 1 saturated heterocycles. The smallest absolute Gasteiger partial charge is 0.407 e. The standard InChI is InChI=1S/C11H12BrNO2/c1-7-2-3-8(12)6-9(7)10-4-5-15-11(14)13-10/h2-3,6,10H,4-5H2,1H3,(H,13,14)/t10-/m1/s1. The van der Waals surface area contributed by atoms with Crippen LogP contribution in [0.3, 0.4) is 0 Å². The van der Waals surface area contributed by atoms with Gasteiger partial charge in [-0.25, -0.2) is 4.79 Å². The fourth-order valence-electron chi connectivity index (χ4n) is 1.75. The number of hydrogen-bond donors (Lipinski definition) is 1. The molecule has 1 amide bonds. The molecule has 0 radical (unpaired) electrons. The van der Waals surface area contributed by atoms with Gasteiger partial charge in [0.05, 0.1) is 12.6 Å². The van der Waals surface area contributed by atoms with E-state index in [1.165, 1.54) is 5.56 Å². The van der Waals surface area contributed by atoms with Gasteiger partial charge in [0.25, 0.3) is 0 Å². The number of rotatable bonds is 1. The molecule has 1 fully saturated rings. The Hall–Kier alpha value is -1.03. The third kappa shape index (κ3) is 2.31. The number of alkyl carbamates (subject to hydrolysis) is 1. The van der Waals surface area contributed by atoms with Gasteiger partial charge in [-0.15, -0.1) is 0 Å². The maximum absolute atomic E-state index is 11.1. The van der Waals surface area contributed by atoms with E-state index in [1.807, 2.05) is 25.1 Å². The quantitative estimate of drug-likeness (QED) is 0.852. The molecule has 4 heteroatoms. The van der Waals surface area contributed by atoms with Crippen LogP contribution < -0.4 is 5.32 Å². The lowest BCUT2D eigenvalue weighted by Crippen LogP contribution is -2.35. The molecule has 0 bridgehead atoms. The molecule has 0 aromatic heterocycles. The van der Waals surface area contributed by atoms with Crippen molar-refractivity contribution in [3.63, 3.8) is 0 Å². The second-order valence-corrected chi connectivity index (χ2v) is 4.54. The summed E-state index contributed by atoms with van der Waals surface area (Å²) >= 11 is 3.43. The zero-order chi connectivity index (χ0) is 10.8. The van der Waals surface area contributed by atoms with E-state index < -0.39 is 0 Å². The highest BCUT2D eigenvalue weighted by atomic mass is 79.9. The molecule has 0 aliphatic carbocycles. The van der Waals surface area contributed by atoms with E-state index in [4.69, 9.17) is 4.74 Å². The Labute approximate surface area is 96.9 Å². The lowest BCUT2D eigenvalue weighted by atomic mass is 9.99. The van der Waals surface area contributed by atoms with Gasteiger partial charge < -0.3 is 10.1 Å². The zero-order valence-electron chi connectivity index (χ0n) is 8.42. The maximum Gasteiger partial charge on any atom is 0.407 e. The predicted octanol–water partition coefficient (Wildman–Crippen LogP) is 2.93. The summed E-state index contributed by atoms with van der Waals surface area (Å²) in [5, 5.41) is 2.82. The first kappa shape index (κ1) is 10.5. The largest absolute Gasteiger partial charge is 0.449 e. The average Bonchev–Trinajstić information content (AvgIpc) is 2.22. The minimum Gasteiger partial charge on any atom is -0.449 e. The van der Waals surface area contributed by atoms with E-state index in [2.05, 4.69) is 21.2 Å². The molecule has 3 nitrogen and oxygen atoms in total. The van der Waals surface area contributed by atoms with Gasteiger partial charge in [0.1, 0.15) is 0 Å². The Morgan fingerprint density at radius 1 is 1.53 bits per heavy atom. The summed E-state index contributed by atoms with van der Waals surface area (Å²) in [5.74, 6) is 0. The molecule has 0 spiro atoms. The number of halogens is 1. The fourth-order valence-corrected chi connectivity index (χ4v) is 2.12. The van der Waals surface area contributed by atoms with Gasteiger partial charge in [0, 0.05) is 10.9 Å². The van der Waals surface area contributed by atoms with Crippen LogP contribution in [-0.4, -0.2) is 12.7 Å². The minimum absolute atomic E-state index is 0.0729. The second-order valence-electron chi connectivity index (χ2n) is 3.62. The lowest BCUT2D eigenvalue weighted by Gasteiger charge is -2.25. The molecule has 15 heavy (non-hydrogen) atoms. The van der Waals surface area contributed by atoms with E-state index in [0.717, 1.165) is 16.5 Å². The van der Waals surface area contributed by atoms with Gasteiger partial charge >= 0.3 is 6.09 Å². The van der Waals surface area contributed by atoms with Gasteiger partial charge in [0.15, 0.2) is 0 Å². The summed E-state index contributed by atoms with van der Waals surface area (Å²) in [7, 11) is 0. The zero-order valence-corrected chi connectivity index (χ0v) is 10.0. The number of benzene rings is 1. The van der Waals surface area contributed by atoms with Crippen LogP contribution in [0.4, 0.5) is 4.79 Å². The molecule has 1 aliphatic rings. The number of amides is 1. The molecule has 1 aromatic rings. The summed E-state index contributed by atoms with van der Waals surface area (Å²) < 4.78 is 5.87. The molecule has 1 heterocycles. The van der Waals surface area contributed by atoms with Gasteiger partial charge in [-0.3, -0.25) is 0 Å². The number of cyclic esters (lactones) is 1. The normalized spacial score (nSPS) is 20.7. The second kappa shape index (κ2) is 4.23. The summed E-state index contributed by atoms with van der Waals surface area (Å²) in [6.45, 7) is 2.53. The minimum atomic E-state index is -0.328. The molecule has 1 atom stereocenters. The van der Waals surface area contributed by atoms with Crippen LogP contribution in [0.1, 0.15) is 23.6 Å². The van der Waals surface area contributed by atoms with Crippen LogP contribution >= 0.6 is 15.9 Å². The average molecular weight is 270 g/mol. The van der Waals surface area contributed by atoms with Crippen LogP contribution in [0.15, 0.2) is 22.7 Å². The van der Waals surface area contributed by atoms with Crippen molar-refractivity contribution >= 4 is 22.0 Å². The molecule has 1 aliphatic heterocycles. The van der Waals surface area contributed by atoms with Gasteiger partial charge in [-0.2, -0.15) is 0 Å². The highest BCUT2D eigenvalue weighted by Gasteiger charge is 2.21. The van der Waals surface area contributed by atoms with Crippen molar-refractivity contribution in [2.45, 2.75) is 19.4 Å². The predicted molar refractivity (Wildman–Crippen MR) is 60.7 cm³/mol. The summed E-state index contributed by atoms with van der Waals surface area (Å²) in [5.41, 5.74) is 2.34. The molecular weight excluding hydrogens is 258 g/mol. The van der Waals surface area contributed by atoms with Crippen LogP contribution in [0.2, 0.25) is 0 Å². The van der Waals surface area contributed by atoms with Crippen molar-refractivity contribution in [1.29, 1.82) is 0 Å². The van der Waals surface area contributed by atoms with Crippen molar-refractivity contribution in [3.8, 4) is 0 Å². The Bertz CT molecular complexity index is 392. The lowest BCUT2D eigenvalue weighted by molar-refractivity contribution is 0.115. The van der Waals surface area contributed by atoms with Crippen LogP contribution in [0.25, 0.3) is 0 Å². The van der Waals surface area contributed by atoms with Crippen LogP contribution in [0, 0.1) is 6.92 Å². The molecular formula is C11H12BrNO2. The molecule has 2 rings (SSSR count). The van der Waals surface area contributed by atoms with Crippen molar-refractivity contribution < 1.29 is 9.53 Å².